The van der Waals surface area contributed by atoms with Gasteiger partial charge in [0.15, 0.2) is 0 Å². The van der Waals surface area contributed by atoms with E-state index in [0.29, 0.717) is 34.6 Å². The van der Waals surface area contributed by atoms with Crippen LogP contribution in [0.2, 0.25) is 10.0 Å². The minimum atomic E-state index is -0.322. The predicted molar refractivity (Wildman–Crippen MR) is 104 cm³/mol. The van der Waals surface area contributed by atoms with Crippen molar-refractivity contribution >= 4 is 40.9 Å². The molecule has 27 heavy (non-hydrogen) atoms. The normalized spacial score (nSPS) is 10.7. The zero-order valence-corrected chi connectivity index (χ0v) is 16.4. The lowest BCUT2D eigenvalue weighted by atomic mass is 10.3. The van der Waals surface area contributed by atoms with Crippen LogP contribution in [0.15, 0.2) is 52.1 Å². The summed E-state index contributed by atoms with van der Waals surface area (Å²) in [6.07, 6.45) is 4.45. The number of ether oxygens (including phenoxy) is 1. The summed E-state index contributed by atoms with van der Waals surface area (Å²) >= 11 is 13.3. The van der Waals surface area contributed by atoms with E-state index >= 15 is 0 Å². The molecule has 0 aliphatic carbocycles. The fraction of sp³-hybridized carbons (Fsp3) is 0.222. The lowest BCUT2D eigenvalue weighted by Crippen LogP contribution is -2.09. The quantitative estimate of drug-likeness (QED) is 0.295. The Balaban J connectivity index is 1.38. The molecule has 0 fully saturated rings. The van der Waals surface area contributed by atoms with E-state index in [9.17, 15) is 4.79 Å². The highest BCUT2D eigenvalue weighted by atomic mass is 35.5. The van der Waals surface area contributed by atoms with Gasteiger partial charge in [-0.2, -0.15) is 4.98 Å². The van der Waals surface area contributed by atoms with Crippen LogP contribution >= 0.6 is 35.0 Å². The molecule has 2 heterocycles. The van der Waals surface area contributed by atoms with Gasteiger partial charge in [-0.05, 0) is 36.8 Å². The first-order valence-corrected chi connectivity index (χ1v) is 9.82. The molecular formula is C18H15Cl2N3O3S. The van der Waals surface area contributed by atoms with Crippen LogP contribution in [0.1, 0.15) is 12.3 Å². The number of carbonyl (C=O) groups excluding carboxylic acids is 1. The lowest BCUT2D eigenvalue weighted by molar-refractivity contribution is -0.140. The Morgan fingerprint density at radius 3 is 2.96 bits per heavy atom. The number of thioether (sulfide) groups is 1. The highest BCUT2D eigenvalue weighted by molar-refractivity contribution is 8.00. The van der Waals surface area contributed by atoms with Crippen molar-refractivity contribution in [2.45, 2.75) is 17.7 Å². The Labute approximate surface area is 170 Å². The van der Waals surface area contributed by atoms with Crippen molar-refractivity contribution in [3.05, 3.63) is 58.7 Å². The molecule has 0 spiro atoms. The maximum absolute atomic E-state index is 11.8. The van der Waals surface area contributed by atoms with Gasteiger partial charge in [-0.3, -0.25) is 9.78 Å². The zero-order valence-electron chi connectivity index (χ0n) is 14.1. The third-order valence-corrected chi connectivity index (χ3v) is 5.13. The molecule has 1 aromatic carbocycles. The first kappa shape index (κ1) is 19.7. The minimum Gasteiger partial charge on any atom is -0.465 e. The van der Waals surface area contributed by atoms with Crippen molar-refractivity contribution in [3.8, 4) is 11.4 Å². The highest BCUT2D eigenvalue weighted by Gasteiger charge is 2.10. The SMILES string of the molecule is O=C(CSc1cc(Cl)ccc1Cl)OCCCc1nc(-c2cccnc2)no1. The molecular weight excluding hydrogens is 409 g/mol. The van der Waals surface area contributed by atoms with Crippen LogP contribution in [-0.4, -0.2) is 33.5 Å². The molecule has 3 aromatic rings. The fourth-order valence-electron chi connectivity index (χ4n) is 2.14. The molecule has 2 aromatic heterocycles. The number of benzene rings is 1. The van der Waals surface area contributed by atoms with Gasteiger partial charge in [-0.25, -0.2) is 0 Å². The molecule has 0 radical (unpaired) electrons. The van der Waals surface area contributed by atoms with E-state index in [0.717, 1.165) is 10.5 Å². The summed E-state index contributed by atoms with van der Waals surface area (Å²) in [5.74, 6) is 0.818. The maximum Gasteiger partial charge on any atom is 0.316 e. The highest BCUT2D eigenvalue weighted by Crippen LogP contribution is 2.29. The van der Waals surface area contributed by atoms with Crippen LogP contribution in [0.3, 0.4) is 0 Å². The van der Waals surface area contributed by atoms with Crippen LogP contribution in [-0.2, 0) is 16.0 Å². The molecule has 6 nitrogen and oxygen atoms in total. The Bertz CT molecular complexity index is 906. The van der Waals surface area contributed by atoms with Crippen molar-refractivity contribution < 1.29 is 14.1 Å². The van der Waals surface area contributed by atoms with Crippen molar-refractivity contribution in [2.24, 2.45) is 0 Å². The van der Waals surface area contributed by atoms with E-state index in [2.05, 4.69) is 15.1 Å². The van der Waals surface area contributed by atoms with Crippen molar-refractivity contribution in [1.29, 1.82) is 0 Å². The number of halogens is 2. The Morgan fingerprint density at radius 2 is 2.15 bits per heavy atom. The molecule has 9 heteroatoms. The summed E-state index contributed by atoms with van der Waals surface area (Å²) in [5.41, 5.74) is 0.788. The van der Waals surface area contributed by atoms with Crippen molar-refractivity contribution in [2.75, 3.05) is 12.4 Å². The van der Waals surface area contributed by atoms with Crippen LogP contribution in [0.25, 0.3) is 11.4 Å². The third-order valence-electron chi connectivity index (χ3n) is 3.42. The van der Waals surface area contributed by atoms with Gasteiger partial charge in [0.25, 0.3) is 0 Å². The summed E-state index contributed by atoms with van der Waals surface area (Å²) in [6, 6.07) is 8.77. The van der Waals surface area contributed by atoms with E-state index in [1.807, 2.05) is 6.07 Å². The topological polar surface area (TPSA) is 78.1 Å². The Morgan fingerprint density at radius 1 is 1.26 bits per heavy atom. The third kappa shape index (κ3) is 5.95. The molecule has 0 saturated carbocycles. The Hall–Kier alpha value is -2.09. The molecule has 0 bridgehead atoms. The number of esters is 1. The van der Waals surface area contributed by atoms with E-state index < -0.39 is 0 Å². The number of hydrogen-bond donors (Lipinski definition) is 0. The maximum atomic E-state index is 11.8. The van der Waals surface area contributed by atoms with E-state index in [1.54, 1.807) is 36.7 Å². The van der Waals surface area contributed by atoms with Gasteiger partial charge in [0.2, 0.25) is 11.7 Å². The second-order valence-corrected chi connectivity index (χ2v) is 7.30. The molecule has 3 rings (SSSR count). The van der Waals surface area contributed by atoms with Gasteiger partial charge < -0.3 is 9.26 Å². The van der Waals surface area contributed by atoms with E-state index in [1.165, 1.54) is 11.8 Å². The molecule has 0 unspecified atom stereocenters. The largest absolute Gasteiger partial charge is 0.465 e. The van der Waals surface area contributed by atoms with E-state index in [4.69, 9.17) is 32.5 Å². The van der Waals surface area contributed by atoms with Crippen LogP contribution in [0.5, 0.6) is 0 Å². The van der Waals surface area contributed by atoms with Gasteiger partial charge in [0.05, 0.1) is 17.4 Å². The Kier molecular flexibility index (Phi) is 7.09. The predicted octanol–water partition coefficient (Wildman–Crippen LogP) is 4.71. The first-order valence-electron chi connectivity index (χ1n) is 8.08. The standard InChI is InChI=1S/C18H15Cl2N3O3S/c19-13-5-6-14(20)15(9-13)27-11-17(24)25-8-2-4-16-22-18(23-26-16)12-3-1-7-21-10-12/h1,3,5-7,9-10H,2,4,8,11H2. The van der Waals surface area contributed by atoms with Crippen molar-refractivity contribution in [3.63, 3.8) is 0 Å². The van der Waals surface area contributed by atoms with Gasteiger partial charge >= 0.3 is 5.97 Å². The first-order chi connectivity index (χ1) is 13.1. The number of pyridine rings is 1. The summed E-state index contributed by atoms with van der Waals surface area (Å²) in [5, 5.41) is 5.04. The molecule has 0 aliphatic rings. The number of carbonyl (C=O) groups is 1. The number of nitrogens with zero attached hydrogens (tertiary/aromatic N) is 3. The number of aryl methyl sites for hydroxylation is 1. The molecule has 0 aliphatic heterocycles. The number of aromatic nitrogens is 3. The number of rotatable bonds is 8. The molecule has 0 atom stereocenters. The van der Waals surface area contributed by atoms with Crippen molar-refractivity contribution in [1.82, 2.24) is 15.1 Å². The van der Waals surface area contributed by atoms with Crippen LogP contribution in [0.4, 0.5) is 0 Å². The molecule has 0 N–H and O–H groups in total. The van der Waals surface area contributed by atoms with Gasteiger partial charge in [-0.1, -0.05) is 28.4 Å². The van der Waals surface area contributed by atoms with Gasteiger partial charge in [-0.15, -0.1) is 11.8 Å². The van der Waals surface area contributed by atoms with Crippen LogP contribution < -0.4 is 0 Å². The average Bonchev–Trinajstić information content (AvgIpc) is 3.15. The molecule has 0 saturated heterocycles. The van der Waals surface area contributed by atoms with Gasteiger partial charge in [0.1, 0.15) is 0 Å². The summed E-state index contributed by atoms with van der Waals surface area (Å²) < 4.78 is 10.4. The second-order valence-electron chi connectivity index (χ2n) is 5.44. The monoisotopic (exact) mass is 423 g/mol. The summed E-state index contributed by atoms with van der Waals surface area (Å²) in [7, 11) is 0. The zero-order chi connectivity index (χ0) is 19.1. The smallest absolute Gasteiger partial charge is 0.316 e. The van der Waals surface area contributed by atoms with E-state index in [-0.39, 0.29) is 18.3 Å². The summed E-state index contributed by atoms with van der Waals surface area (Å²) in [6.45, 7) is 0.271. The van der Waals surface area contributed by atoms with Gasteiger partial charge in [0, 0.05) is 34.3 Å². The average molecular weight is 424 g/mol. The molecule has 0 amide bonds. The lowest BCUT2D eigenvalue weighted by Gasteiger charge is -2.05. The van der Waals surface area contributed by atoms with Crippen LogP contribution in [0, 0.1) is 0 Å². The second kappa shape index (κ2) is 9.73. The number of hydrogen-bond acceptors (Lipinski definition) is 7. The molecule has 140 valence electrons. The fourth-order valence-corrected chi connectivity index (χ4v) is 3.44. The summed E-state index contributed by atoms with van der Waals surface area (Å²) in [4.78, 5) is 20.9. The minimum absolute atomic E-state index is 0.159.